The van der Waals surface area contributed by atoms with Crippen molar-refractivity contribution in [3.63, 3.8) is 0 Å². The molecule has 1 amide bonds. The van der Waals surface area contributed by atoms with Crippen LogP contribution >= 0.6 is 0 Å². The largest absolute Gasteiger partial charge is 0.497 e. The van der Waals surface area contributed by atoms with Crippen LogP contribution in [0, 0.1) is 0 Å². The number of hydrogen-bond acceptors (Lipinski definition) is 7. The second-order valence-corrected chi connectivity index (χ2v) is 8.60. The minimum Gasteiger partial charge on any atom is -0.497 e. The molecule has 0 radical (unpaired) electrons. The normalized spacial score (nSPS) is 19.1. The Labute approximate surface area is 159 Å². The first-order valence-corrected chi connectivity index (χ1v) is 10.6. The lowest BCUT2D eigenvalue weighted by Crippen LogP contribution is -2.42. The van der Waals surface area contributed by atoms with Crippen molar-refractivity contribution in [3.8, 4) is 11.5 Å². The molecule has 1 heterocycles. The SMILES string of the molecule is COc1ccc(OCCCC(=O)O[C@H](C)C(=O)N[C@H]2CCS(=O)(=O)C2)cc1. The average molecular weight is 399 g/mol. The molecule has 0 bridgehead atoms. The van der Waals surface area contributed by atoms with E-state index >= 15 is 0 Å². The minimum atomic E-state index is -3.08. The molecule has 0 aliphatic carbocycles. The summed E-state index contributed by atoms with van der Waals surface area (Å²) in [6, 6.07) is 6.68. The van der Waals surface area contributed by atoms with Gasteiger partial charge in [-0.25, -0.2) is 8.42 Å². The van der Waals surface area contributed by atoms with Crippen molar-refractivity contribution >= 4 is 21.7 Å². The molecule has 0 unspecified atom stereocenters. The van der Waals surface area contributed by atoms with Crippen LogP contribution in [0.25, 0.3) is 0 Å². The summed E-state index contributed by atoms with van der Waals surface area (Å²) < 4.78 is 38.4. The van der Waals surface area contributed by atoms with Crippen molar-refractivity contribution in [1.82, 2.24) is 5.32 Å². The van der Waals surface area contributed by atoms with Crippen LogP contribution in [-0.4, -0.2) is 57.7 Å². The molecule has 1 aliphatic rings. The highest BCUT2D eigenvalue weighted by atomic mass is 32.2. The van der Waals surface area contributed by atoms with Crippen molar-refractivity contribution in [2.45, 2.75) is 38.3 Å². The van der Waals surface area contributed by atoms with Gasteiger partial charge >= 0.3 is 5.97 Å². The number of benzene rings is 1. The lowest BCUT2D eigenvalue weighted by Gasteiger charge is -2.16. The lowest BCUT2D eigenvalue weighted by atomic mass is 10.2. The highest BCUT2D eigenvalue weighted by Gasteiger charge is 2.30. The van der Waals surface area contributed by atoms with E-state index < -0.39 is 33.9 Å². The molecule has 1 N–H and O–H groups in total. The average Bonchev–Trinajstić information content (AvgIpc) is 2.97. The summed E-state index contributed by atoms with van der Waals surface area (Å²) in [7, 11) is -1.49. The van der Waals surface area contributed by atoms with Gasteiger partial charge in [-0.2, -0.15) is 0 Å². The number of hydrogen-bond donors (Lipinski definition) is 1. The Balaban J connectivity index is 1.63. The fourth-order valence-corrected chi connectivity index (χ4v) is 4.29. The zero-order chi connectivity index (χ0) is 19.9. The van der Waals surface area contributed by atoms with Gasteiger partial charge in [-0.3, -0.25) is 9.59 Å². The van der Waals surface area contributed by atoms with Gasteiger partial charge in [0.2, 0.25) is 0 Å². The van der Waals surface area contributed by atoms with E-state index in [1.807, 2.05) is 0 Å². The maximum absolute atomic E-state index is 12.0. The smallest absolute Gasteiger partial charge is 0.306 e. The van der Waals surface area contributed by atoms with Crippen molar-refractivity contribution in [2.24, 2.45) is 0 Å². The molecule has 0 aromatic heterocycles. The summed E-state index contributed by atoms with van der Waals surface area (Å²) in [5.74, 6) is 0.411. The third-order valence-corrected chi connectivity index (χ3v) is 5.88. The molecule has 0 saturated carbocycles. The van der Waals surface area contributed by atoms with E-state index in [1.54, 1.807) is 31.4 Å². The fraction of sp³-hybridized carbons (Fsp3) is 0.556. The first-order chi connectivity index (χ1) is 12.8. The Morgan fingerprint density at radius 3 is 2.48 bits per heavy atom. The van der Waals surface area contributed by atoms with Crippen molar-refractivity contribution in [3.05, 3.63) is 24.3 Å². The Hall–Kier alpha value is -2.29. The van der Waals surface area contributed by atoms with Crippen LogP contribution in [0.3, 0.4) is 0 Å². The van der Waals surface area contributed by atoms with E-state index in [2.05, 4.69) is 5.32 Å². The van der Waals surface area contributed by atoms with Crippen LogP contribution in [0.1, 0.15) is 26.2 Å². The van der Waals surface area contributed by atoms with E-state index in [-0.39, 0.29) is 17.9 Å². The van der Waals surface area contributed by atoms with E-state index in [0.717, 1.165) is 5.75 Å². The van der Waals surface area contributed by atoms with E-state index in [0.29, 0.717) is 25.2 Å². The van der Waals surface area contributed by atoms with Crippen LogP contribution in [0.2, 0.25) is 0 Å². The van der Waals surface area contributed by atoms with Gasteiger partial charge < -0.3 is 19.5 Å². The molecule has 1 aromatic rings. The summed E-state index contributed by atoms with van der Waals surface area (Å²) in [6.07, 6.45) is -0.0216. The third-order valence-electron chi connectivity index (χ3n) is 4.11. The summed E-state index contributed by atoms with van der Waals surface area (Å²) >= 11 is 0. The van der Waals surface area contributed by atoms with Crippen molar-refractivity contribution in [1.29, 1.82) is 0 Å². The second kappa shape index (κ2) is 9.59. The monoisotopic (exact) mass is 399 g/mol. The molecule has 9 heteroatoms. The molecule has 1 saturated heterocycles. The van der Waals surface area contributed by atoms with Gasteiger partial charge in [-0.15, -0.1) is 0 Å². The minimum absolute atomic E-state index is 0.0674. The van der Waals surface area contributed by atoms with Crippen LogP contribution in [0.15, 0.2) is 24.3 Å². The first-order valence-electron chi connectivity index (χ1n) is 8.76. The molecule has 0 spiro atoms. The van der Waals surface area contributed by atoms with Crippen molar-refractivity contribution in [2.75, 3.05) is 25.2 Å². The lowest BCUT2D eigenvalue weighted by molar-refractivity contribution is -0.155. The second-order valence-electron chi connectivity index (χ2n) is 6.37. The third kappa shape index (κ3) is 7.09. The number of carbonyl (C=O) groups is 2. The van der Waals surface area contributed by atoms with E-state index in [9.17, 15) is 18.0 Å². The standard InChI is InChI=1S/C18H25NO7S/c1-13(18(21)19-14-9-11-27(22,23)12-14)26-17(20)4-3-10-25-16-7-5-15(24-2)6-8-16/h5-8,13-14H,3-4,9-12H2,1-2H3,(H,19,21)/t13-,14+/m1/s1. The summed E-state index contributed by atoms with van der Waals surface area (Å²) in [6.45, 7) is 1.80. The van der Waals surface area contributed by atoms with Crippen LogP contribution in [0.4, 0.5) is 0 Å². The Morgan fingerprint density at radius 2 is 1.89 bits per heavy atom. The van der Waals surface area contributed by atoms with Gasteiger partial charge in [0.05, 0.1) is 25.2 Å². The zero-order valence-electron chi connectivity index (χ0n) is 15.5. The number of ether oxygens (including phenoxy) is 3. The van der Waals surface area contributed by atoms with E-state index in [1.165, 1.54) is 6.92 Å². The fourth-order valence-electron chi connectivity index (χ4n) is 2.62. The van der Waals surface area contributed by atoms with Crippen molar-refractivity contribution < 1.29 is 32.2 Å². The molecular formula is C18H25NO7S. The van der Waals surface area contributed by atoms with Gasteiger partial charge in [-0.05, 0) is 44.0 Å². The Kier molecular flexibility index (Phi) is 7.46. The molecule has 150 valence electrons. The summed E-state index contributed by atoms with van der Waals surface area (Å²) in [5, 5.41) is 2.61. The van der Waals surface area contributed by atoms with Gasteiger partial charge in [0.25, 0.3) is 5.91 Å². The van der Waals surface area contributed by atoms with Crippen LogP contribution in [-0.2, 0) is 24.2 Å². The predicted octanol–water partition coefficient (Wildman–Crippen LogP) is 1.09. The maximum Gasteiger partial charge on any atom is 0.306 e. The number of carbonyl (C=O) groups excluding carboxylic acids is 2. The van der Waals surface area contributed by atoms with Gasteiger partial charge in [0.1, 0.15) is 11.5 Å². The molecule has 1 aromatic carbocycles. The summed E-state index contributed by atoms with van der Waals surface area (Å²) in [5.41, 5.74) is 0. The molecule has 27 heavy (non-hydrogen) atoms. The Bertz CT molecular complexity index is 745. The Morgan fingerprint density at radius 1 is 1.22 bits per heavy atom. The number of rotatable bonds is 9. The molecule has 8 nitrogen and oxygen atoms in total. The number of esters is 1. The molecular weight excluding hydrogens is 374 g/mol. The molecule has 1 fully saturated rings. The number of nitrogens with one attached hydrogen (secondary N) is 1. The van der Waals surface area contributed by atoms with E-state index in [4.69, 9.17) is 14.2 Å². The number of amides is 1. The topological polar surface area (TPSA) is 108 Å². The molecule has 2 rings (SSSR count). The molecule has 1 aliphatic heterocycles. The van der Waals surface area contributed by atoms with Gasteiger partial charge in [-0.1, -0.05) is 0 Å². The zero-order valence-corrected chi connectivity index (χ0v) is 16.3. The molecule has 2 atom stereocenters. The predicted molar refractivity (Wildman–Crippen MR) is 98.5 cm³/mol. The van der Waals surface area contributed by atoms with Crippen LogP contribution in [0.5, 0.6) is 11.5 Å². The number of methoxy groups -OCH3 is 1. The maximum atomic E-state index is 12.0. The number of sulfone groups is 1. The quantitative estimate of drug-likeness (QED) is 0.489. The van der Waals surface area contributed by atoms with Gasteiger partial charge in [0.15, 0.2) is 15.9 Å². The first kappa shape index (κ1) is 21.0. The highest BCUT2D eigenvalue weighted by molar-refractivity contribution is 7.91. The van der Waals surface area contributed by atoms with Gasteiger partial charge in [0, 0.05) is 12.5 Å². The summed E-state index contributed by atoms with van der Waals surface area (Å²) in [4.78, 5) is 23.8. The highest BCUT2D eigenvalue weighted by Crippen LogP contribution is 2.17. The van der Waals surface area contributed by atoms with Crippen LogP contribution < -0.4 is 14.8 Å².